The molecule has 1 amide bonds. The highest BCUT2D eigenvalue weighted by Crippen LogP contribution is 2.53. The van der Waals surface area contributed by atoms with E-state index in [1.54, 1.807) is 20.2 Å². The van der Waals surface area contributed by atoms with Gasteiger partial charge in [-0.05, 0) is 76.6 Å². The van der Waals surface area contributed by atoms with Crippen LogP contribution in [-0.2, 0) is 27.3 Å². The average molecular weight is 614 g/mol. The van der Waals surface area contributed by atoms with Gasteiger partial charge in [0.1, 0.15) is 28.7 Å². The number of Topliss-reactive ketones (excluding diaryl/α,β-unsaturated/α-hetero) is 2. The topological polar surface area (TPSA) is 154 Å². The second-order valence-corrected chi connectivity index (χ2v) is 13.3. The minimum absolute atomic E-state index is 0.0112. The predicted octanol–water partition coefficient (Wildman–Crippen LogP) is 3.20. The molecule has 240 valence electrons. The number of nitrogens with zero attached hydrogens (tertiary/aromatic N) is 2. The van der Waals surface area contributed by atoms with Crippen molar-refractivity contribution in [3.8, 4) is 5.75 Å². The van der Waals surface area contributed by atoms with Gasteiger partial charge in [0.25, 0.3) is 5.91 Å². The number of benzene rings is 1. The molecule has 4 aliphatic rings. The number of methoxy groups -OCH3 is 1. The zero-order chi connectivity index (χ0) is 32.3. The molecule has 0 spiro atoms. The van der Waals surface area contributed by atoms with Crippen molar-refractivity contribution in [1.29, 1.82) is 0 Å². The Morgan fingerprint density at radius 2 is 1.89 bits per heavy atom. The number of likely N-dealkylation sites (N-methyl/N-ethyl adjacent to an activating group) is 1. The molecule has 44 heavy (non-hydrogen) atoms. The monoisotopic (exact) mass is 613 g/mol. The van der Waals surface area contributed by atoms with Crippen LogP contribution in [0, 0.1) is 23.1 Å². The summed E-state index contributed by atoms with van der Waals surface area (Å²) in [6.45, 7) is 6.33. The fourth-order valence-electron chi connectivity index (χ4n) is 8.15. The molecule has 1 aromatic carbocycles. The Balaban J connectivity index is 1.60. The molecule has 1 aromatic rings. The van der Waals surface area contributed by atoms with E-state index in [0.717, 1.165) is 38.8 Å². The van der Waals surface area contributed by atoms with Crippen molar-refractivity contribution in [1.82, 2.24) is 9.80 Å². The lowest BCUT2D eigenvalue weighted by molar-refractivity contribution is -0.153. The van der Waals surface area contributed by atoms with Gasteiger partial charge in [0, 0.05) is 35.7 Å². The van der Waals surface area contributed by atoms with E-state index in [1.807, 2.05) is 0 Å². The van der Waals surface area contributed by atoms with Crippen LogP contribution in [0.1, 0.15) is 69.1 Å². The number of nitrogens with two attached hydrogens (primary N) is 1. The first-order valence-corrected chi connectivity index (χ1v) is 15.5. The average Bonchev–Trinajstić information content (AvgIpc) is 2.94. The summed E-state index contributed by atoms with van der Waals surface area (Å²) in [6.07, 6.45) is 5.47. The number of rotatable bonds is 10. The summed E-state index contributed by atoms with van der Waals surface area (Å²) in [5.74, 6) is -7.04. The highest BCUT2D eigenvalue weighted by Gasteiger charge is 2.64. The van der Waals surface area contributed by atoms with E-state index in [4.69, 9.17) is 10.5 Å². The predicted molar refractivity (Wildman–Crippen MR) is 161 cm³/mol. The van der Waals surface area contributed by atoms with E-state index in [-0.39, 0.29) is 40.7 Å². The maximum atomic E-state index is 16.5. The van der Waals surface area contributed by atoms with Crippen LogP contribution in [0.3, 0.4) is 0 Å². The third-order valence-electron chi connectivity index (χ3n) is 10.6. The van der Waals surface area contributed by atoms with E-state index < -0.39 is 63.9 Å². The van der Waals surface area contributed by atoms with Gasteiger partial charge in [-0.15, -0.1) is 0 Å². The van der Waals surface area contributed by atoms with Crippen LogP contribution in [0.25, 0.3) is 5.76 Å². The van der Waals surface area contributed by atoms with Crippen molar-refractivity contribution >= 4 is 23.2 Å². The highest BCUT2D eigenvalue weighted by molar-refractivity contribution is 6.24. The number of ketones is 2. The number of amides is 1. The SMILES string of the molecule is CCCN(Cc1cc(OC)c2c(c1F)C[C@H]1C[C@H]3[C@H](N(C)C)C(=O)C(C(N)=O)=C(O)[C@@]3(O)C(=O)C1=C2O)CC1(CC)CCC1. The van der Waals surface area contributed by atoms with Gasteiger partial charge in [0.15, 0.2) is 11.4 Å². The molecule has 4 atom stereocenters. The van der Waals surface area contributed by atoms with E-state index in [0.29, 0.717) is 12.1 Å². The lowest BCUT2D eigenvalue weighted by atomic mass is 9.57. The maximum Gasteiger partial charge on any atom is 0.255 e. The quantitative estimate of drug-likeness (QED) is 0.291. The summed E-state index contributed by atoms with van der Waals surface area (Å²) < 4.78 is 22.1. The third kappa shape index (κ3) is 4.75. The minimum Gasteiger partial charge on any atom is -0.508 e. The molecule has 0 aliphatic heterocycles. The number of hydrogen-bond acceptors (Lipinski definition) is 9. The Bertz CT molecular complexity index is 1460. The number of halogens is 1. The summed E-state index contributed by atoms with van der Waals surface area (Å²) in [7, 11) is 4.51. The number of carbonyl (C=O) groups excluding carboxylic acids is 3. The molecule has 0 heterocycles. The Morgan fingerprint density at radius 3 is 2.41 bits per heavy atom. The van der Waals surface area contributed by atoms with Crippen molar-refractivity contribution in [3.63, 3.8) is 0 Å². The van der Waals surface area contributed by atoms with Crippen LogP contribution in [-0.4, -0.2) is 88.5 Å². The van der Waals surface area contributed by atoms with Crippen LogP contribution < -0.4 is 10.5 Å². The highest BCUT2D eigenvalue weighted by atomic mass is 19.1. The molecule has 2 saturated carbocycles. The molecule has 2 fully saturated rings. The first-order valence-electron chi connectivity index (χ1n) is 15.5. The van der Waals surface area contributed by atoms with Crippen molar-refractivity contribution < 1.29 is 38.8 Å². The fourth-order valence-corrected chi connectivity index (χ4v) is 8.15. The lowest BCUT2D eigenvalue weighted by Gasteiger charge is -2.50. The number of aliphatic hydroxyl groups excluding tert-OH is 2. The number of aliphatic hydroxyl groups is 3. The largest absolute Gasteiger partial charge is 0.508 e. The molecule has 0 saturated heterocycles. The first kappa shape index (κ1) is 32.1. The van der Waals surface area contributed by atoms with Gasteiger partial charge in [-0.3, -0.25) is 24.2 Å². The van der Waals surface area contributed by atoms with Crippen LogP contribution in [0.15, 0.2) is 23.0 Å². The Morgan fingerprint density at radius 1 is 1.20 bits per heavy atom. The second kappa shape index (κ2) is 11.6. The molecule has 4 aliphatic carbocycles. The summed E-state index contributed by atoms with van der Waals surface area (Å²) >= 11 is 0. The van der Waals surface area contributed by atoms with Gasteiger partial charge < -0.3 is 25.8 Å². The van der Waals surface area contributed by atoms with Crippen LogP contribution in [0.5, 0.6) is 5.75 Å². The summed E-state index contributed by atoms with van der Waals surface area (Å²) in [5.41, 5.74) is 2.56. The van der Waals surface area contributed by atoms with Gasteiger partial charge >= 0.3 is 0 Å². The van der Waals surface area contributed by atoms with Crippen molar-refractivity contribution in [2.75, 3.05) is 34.3 Å². The van der Waals surface area contributed by atoms with Gasteiger partial charge in [-0.1, -0.05) is 20.3 Å². The van der Waals surface area contributed by atoms with Gasteiger partial charge in [0.05, 0.1) is 18.7 Å². The minimum atomic E-state index is -2.69. The number of carbonyl (C=O) groups is 3. The molecule has 0 radical (unpaired) electrons. The molecule has 0 aromatic heterocycles. The summed E-state index contributed by atoms with van der Waals surface area (Å²) in [5, 5.41) is 34.4. The van der Waals surface area contributed by atoms with Crippen molar-refractivity contribution in [2.24, 2.45) is 23.0 Å². The standard InChI is InChI=1S/C33H44FN3O7/c1-6-11-37(16-32(7-2)9-8-10-32)15-18-14-21(44-5)23-19(25(18)34)12-17-13-20-26(36(3)4)28(39)24(31(35)42)30(41)33(20,43)29(40)22(17)27(23)38/h14,17,20,26,38,41,43H,6-13,15-16H2,1-5H3,(H2,35,42)/t17-,20-,26-,33-/m0/s1. The third-order valence-corrected chi connectivity index (χ3v) is 10.6. The smallest absolute Gasteiger partial charge is 0.255 e. The molecule has 5 N–H and O–H groups in total. The fraction of sp³-hybridized carbons (Fsp3) is 0.606. The molecule has 5 rings (SSSR count). The molecule has 0 bridgehead atoms. The molecule has 10 nitrogen and oxygen atoms in total. The Hall–Kier alpha value is -3.28. The van der Waals surface area contributed by atoms with Crippen LogP contribution in [0.2, 0.25) is 0 Å². The zero-order valence-electron chi connectivity index (χ0n) is 26.2. The number of fused-ring (bicyclic) bond motifs is 3. The summed E-state index contributed by atoms with van der Waals surface area (Å²) in [6, 6.07) is 0.389. The van der Waals surface area contributed by atoms with E-state index in [9.17, 15) is 29.7 Å². The molecular formula is C33H44FN3O7. The second-order valence-electron chi connectivity index (χ2n) is 13.3. The van der Waals surface area contributed by atoms with Crippen LogP contribution >= 0.6 is 0 Å². The van der Waals surface area contributed by atoms with Gasteiger partial charge in [0.2, 0.25) is 5.78 Å². The maximum absolute atomic E-state index is 16.5. The lowest BCUT2D eigenvalue weighted by Crippen LogP contribution is -2.65. The van der Waals surface area contributed by atoms with Gasteiger partial charge in [-0.2, -0.15) is 0 Å². The summed E-state index contributed by atoms with van der Waals surface area (Å²) in [4.78, 5) is 43.3. The van der Waals surface area contributed by atoms with E-state index >= 15 is 4.39 Å². The Labute approximate surface area is 257 Å². The van der Waals surface area contributed by atoms with Crippen molar-refractivity contribution in [2.45, 2.75) is 77.0 Å². The Kier molecular flexibility index (Phi) is 8.45. The molecule has 11 heteroatoms. The normalized spacial score (nSPS) is 27.7. The number of primary amides is 1. The van der Waals surface area contributed by atoms with Crippen molar-refractivity contribution in [3.05, 3.63) is 45.5 Å². The van der Waals surface area contributed by atoms with Crippen LogP contribution in [0.4, 0.5) is 4.39 Å². The zero-order valence-corrected chi connectivity index (χ0v) is 26.2. The van der Waals surface area contributed by atoms with E-state index in [1.165, 1.54) is 18.4 Å². The van der Waals surface area contributed by atoms with E-state index in [2.05, 4.69) is 18.7 Å². The molecular weight excluding hydrogens is 569 g/mol. The van der Waals surface area contributed by atoms with Gasteiger partial charge in [-0.25, -0.2) is 4.39 Å². The number of ether oxygens (including phenoxy) is 1. The first-order chi connectivity index (χ1) is 20.8. The number of hydrogen-bond donors (Lipinski definition) is 4. The molecule has 0 unspecified atom stereocenters.